The number of rotatable bonds is 27. The van der Waals surface area contributed by atoms with Crippen LogP contribution in [0.2, 0.25) is 0 Å². The number of nitrogens with one attached hydrogen (secondary N) is 2. The lowest BCUT2D eigenvalue weighted by Gasteiger charge is -2.23. The molecule has 5 heteroatoms. The summed E-state index contributed by atoms with van der Waals surface area (Å²) in [5.74, 6) is -0.833. The molecule has 0 spiro atoms. The van der Waals surface area contributed by atoms with Gasteiger partial charge in [0, 0.05) is 33.1 Å². The number of hydrogen-bond donors (Lipinski definition) is 3. The lowest BCUT2D eigenvalue weighted by atomic mass is 10.1. The molecule has 0 radical (unpaired) electrons. The third kappa shape index (κ3) is 38.1. The van der Waals surface area contributed by atoms with Crippen LogP contribution in [0.4, 0.5) is 0 Å². The monoisotopic (exact) mass is 500 g/mol. The number of carboxylic acid groups (broad SMARTS) is 1. The van der Waals surface area contributed by atoms with Crippen LogP contribution >= 0.6 is 0 Å². The fourth-order valence-corrected chi connectivity index (χ4v) is 4.24. The van der Waals surface area contributed by atoms with Crippen molar-refractivity contribution in [2.45, 2.75) is 143 Å². The van der Waals surface area contributed by atoms with E-state index in [4.69, 9.17) is 9.90 Å². The molecule has 5 nitrogen and oxygen atoms in total. The number of unbranched alkanes of at least 4 members (excludes halogenated alkanes) is 15. The summed E-state index contributed by atoms with van der Waals surface area (Å²) < 4.78 is 0. The first kappa shape index (κ1) is 36.5. The van der Waals surface area contributed by atoms with Crippen LogP contribution in [0, 0.1) is 0 Å². The summed E-state index contributed by atoms with van der Waals surface area (Å²) in [6.07, 6.45) is 25.1. The van der Waals surface area contributed by atoms with Gasteiger partial charge in [0.15, 0.2) is 0 Å². The number of carboxylic acids is 1. The predicted octanol–water partition coefficient (Wildman–Crippen LogP) is 7.64. The van der Waals surface area contributed by atoms with Crippen LogP contribution in [-0.4, -0.2) is 61.8 Å². The summed E-state index contributed by atoms with van der Waals surface area (Å²) >= 11 is 0. The van der Waals surface area contributed by atoms with Crippen molar-refractivity contribution in [3.8, 4) is 0 Å². The van der Waals surface area contributed by atoms with E-state index < -0.39 is 5.97 Å². The molecule has 212 valence electrons. The van der Waals surface area contributed by atoms with E-state index in [1.165, 1.54) is 148 Å². The average molecular weight is 500 g/mol. The molecule has 0 saturated carbocycles. The minimum Gasteiger partial charge on any atom is -0.481 e. The van der Waals surface area contributed by atoms with E-state index >= 15 is 0 Å². The summed E-state index contributed by atoms with van der Waals surface area (Å²) in [6, 6.07) is 0. The van der Waals surface area contributed by atoms with Crippen LogP contribution in [0.5, 0.6) is 0 Å². The fourth-order valence-electron chi connectivity index (χ4n) is 4.24. The van der Waals surface area contributed by atoms with Crippen molar-refractivity contribution in [1.82, 2.24) is 15.5 Å². The highest BCUT2D eigenvalue weighted by Gasteiger charge is 2.04. The van der Waals surface area contributed by atoms with Crippen LogP contribution in [-0.2, 0) is 4.79 Å². The van der Waals surface area contributed by atoms with E-state index in [0.29, 0.717) is 0 Å². The zero-order valence-corrected chi connectivity index (χ0v) is 24.5. The maximum absolute atomic E-state index is 9.00. The Bertz CT molecular complexity index is 368. The zero-order valence-electron chi connectivity index (χ0n) is 24.5. The van der Waals surface area contributed by atoms with Gasteiger partial charge in [0.2, 0.25) is 0 Å². The quantitative estimate of drug-likeness (QED) is 0.101. The van der Waals surface area contributed by atoms with Crippen LogP contribution in [0.25, 0.3) is 0 Å². The van der Waals surface area contributed by atoms with Crippen molar-refractivity contribution in [2.75, 3.05) is 45.8 Å². The van der Waals surface area contributed by atoms with E-state index in [2.05, 4.69) is 36.3 Å². The van der Waals surface area contributed by atoms with Crippen molar-refractivity contribution < 1.29 is 9.90 Å². The molecule has 0 bridgehead atoms. The molecular weight excluding hydrogens is 434 g/mol. The Balaban J connectivity index is 0. The van der Waals surface area contributed by atoms with Gasteiger partial charge in [0.05, 0.1) is 0 Å². The summed E-state index contributed by atoms with van der Waals surface area (Å²) in [6.45, 7) is 16.4. The largest absolute Gasteiger partial charge is 0.481 e. The molecule has 0 aliphatic heterocycles. The molecule has 0 aromatic rings. The van der Waals surface area contributed by atoms with Gasteiger partial charge in [-0.2, -0.15) is 0 Å². The number of nitrogens with zero attached hydrogens (tertiary/aromatic N) is 1. The molecule has 0 amide bonds. The SMILES string of the molecule is CC(=O)O.CCCCCCCCNCCN(CCCCCCCC)CCNCCCCCCCC. The first-order valence-corrected chi connectivity index (χ1v) is 15.4. The summed E-state index contributed by atoms with van der Waals surface area (Å²) in [5, 5.41) is 14.8. The van der Waals surface area contributed by atoms with Crippen LogP contribution < -0.4 is 10.6 Å². The van der Waals surface area contributed by atoms with E-state index in [9.17, 15) is 0 Å². The second-order valence-corrected chi connectivity index (χ2v) is 10.2. The second-order valence-electron chi connectivity index (χ2n) is 10.2. The Labute approximate surface area is 220 Å². The number of carbonyl (C=O) groups is 1. The van der Waals surface area contributed by atoms with Gasteiger partial charge in [-0.05, 0) is 38.9 Å². The molecule has 0 saturated heterocycles. The first-order valence-electron chi connectivity index (χ1n) is 15.4. The molecule has 0 aliphatic rings. The van der Waals surface area contributed by atoms with E-state index in [1.807, 2.05) is 0 Å². The van der Waals surface area contributed by atoms with Crippen molar-refractivity contribution in [1.29, 1.82) is 0 Å². The molecule has 35 heavy (non-hydrogen) atoms. The maximum atomic E-state index is 9.00. The third-order valence-electron chi connectivity index (χ3n) is 6.45. The molecule has 0 atom stereocenters. The molecule has 0 heterocycles. The highest BCUT2D eigenvalue weighted by atomic mass is 16.4. The van der Waals surface area contributed by atoms with Gasteiger partial charge in [-0.15, -0.1) is 0 Å². The highest BCUT2D eigenvalue weighted by Crippen LogP contribution is 2.07. The van der Waals surface area contributed by atoms with Crippen molar-refractivity contribution in [3.05, 3.63) is 0 Å². The minimum absolute atomic E-state index is 0.833. The van der Waals surface area contributed by atoms with Gasteiger partial charge >= 0.3 is 0 Å². The topological polar surface area (TPSA) is 64.6 Å². The predicted molar refractivity (Wildman–Crippen MR) is 156 cm³/mol. The molecule has 0 aromatic heterocycles. The summed E-state index contributed by atoms with van der Waals surface area (Å²) in [7, 11) is 0. The van der Waals surface area contributed by atoms with E-state index in [1.54, 1.807) is 0 Å². The lowest BCUT2D eigenvalue weighted by Crippen LogP contribution is -2.38. The Hall–Kier alpha value is -0.650. The van der Waals surface area contributed by atoms with Gasteiger partial charge in [0.25, 0.3) is 5.97 Å². The van der Waals surface area contributed by atoms with Crippen LogP contribution in [0.1, 0.15) is 143 Å². The van der Waals surface area contributed by atoms with Gasteiger partial charge in [-0.1, -0.05) is 117 Å². The fraction of sp³-hybridized carbons (Fsp3) is 0.967. The minimum atomic E-state index is -0.833. The molecular formula is C30H65N3O2. The average Bonchev–Trinajstić information content (AvgIpc) is 2.83. The Morgan fingerprint density at radius 3 is 1.20 bits per heavy atom. The van der Waals surface area contributed by atoms with Crippen LogP contribution in [0.3, 0.4) is 0 Å². The smallest absolute Gasteiger partial charge is 0.300 e. The zero-order chi connectivity index (χ0) is 26.2. The maximum Gasteiger partial charge on any atom is 0.300 e. The Kier molecular flexibility index (Phi) is 34.8. The second kappa shape index (κ2) is 33.4. The summed E-state index contributed by atoms with van der Waals surface area (Å²) in [4.78, 5) is 11.7. The molecule has 0 aliphatic carbocycles. The van der Waals surface area contributed by atoms with E-state index in [0.717, 1.165) is 20.0 Å². The standard InChI is InChI=1S/C28H61N3.C2H4O2/c1-4-7-10-13-16-19-22-29-24-27-31(26-21-18-15-12-9-6-3)28-25-30-23-20-17-14-11-8-5-2;1-2(3)4/h29-30H,4-28H2,1-3H3;1H3,(H,3,4). The van der Waals surface area contributed by atoms with Gasteiger partial charge < -0.3 is 20.6 Å². The third-order valence-corrected chi connectivity index (χ3v) is 6.45. The van der Waals surface area contributed by atoms with Gasteiger partial charge in [0.1, 0.15) is 0 Å². The Morgan fingerprint density at radius 2 is 0.829 bits per heavy atom. The normalized spacial score (nSPS) is 11.0. The van der Waals surface area contributed by atoms with Crippen molar-refractivity contribution in [3.63, 3.8) is 0 Å². The van der Waals surface area contributed by atoms with Crippen LogP contribution in [0.15, 0.2) is 0 Å². The highest BCUT2D eigenvalue weighted by molar-refractivity contribution is 5.62. The number of aliphatic carboxylic acids is 1. The molecule has 3 N–H and O–H groups in total. The molecule has 0 rings (SSSR count). The molecule has 0 aromatic carbocycles. The first-order chi connectivity index (χ1) is 17.1. The summed E-state index contributed by atoms with van der Waals surface area (Å²) in [5.41, 5.74) is 0. The van der Waals surface area contributed by atoms with Gasteiger partial charge in [-0.3, -0.25) is 4.79 Å². The molecule has 0 fully saturated rings. The van der Waals surface area contributed by atoms with E-state index in [-0.39, 0.29) is 0 Å². The van der Waals surface area contributed by atoms with Crippen molar-refractivity contribution in [2.24, 2.45) is 0 Å². The molecule has 0 unspecified atom stereocenters. The lowest BCUT2D eigenvalue weighted by molar-refractivity contribution is -0.134. The van der Waals surface area contributed by atoms with Crippen molar-refractivity contribution >= 4 is 5.97 Å². The number of hydrogen-bond acceptors (Lipinski definition) is 4. The van der Waals surface area contributed by atoms with Gasteiger partial charge in [-0.25, -0.2) is 0 Å². The Morgan fingerprint density at radius 1 is 0.514 bits per heavy atom.